The van der Waals surface area contributed by atoms with E-state index in [1.807, 2.05) is 0 Å². The Balaban J connectivity index is 2.25. The van der Waals surface area contributed by atoms with E-state index in [-0.39, 0.29) is 0 Å². The molecule has 0 aromatic heterocycles. The minimum atomic E-state index is 0.522. The zero-order valence-corrected chi connectivity index (χ0v) is 10.7. The average Bonchev–Trinajstić information content (AvgIpc) is 2.33. The van der Waals surface area contributed by atoms with Crippen LogP contribution in [0.2, 0.25) is 0 Å². The third-order valence-electron chi connectivity index (χ3n) is 3.46. The molecule has 2 aliphatic rings. The van der Waals surface area contributed by atoms with E-state index < -0.39 is 0 Å². The summed E-state index contributed by atoms with van der Waals surface area (Å²) in [6, 6.07) is 0.522. The Morgan fingerprint density at radius 3 is 2.76 bits per heavy atom. The highest BCUT2D eigenvalue weighted by atomic mass is 15.2. The van der Waals surface area contributed by atoms with Crippen LogP contribution in [0.3, 0.4) is 0 Å². The Morgan fingerprint density at radius 2 is 2.18 bits per heavy atom. The van der Waals surface area contributed by atoms with Crippen molar-refractivity contribution in [3.8, 4) is 0 Å². The van der Waals surface area contributed by atoms with E-state index in [1.165, 1.54) is 12.1 Å². The zero-order chi connectivity index (χ0) is 12.3. The van der Waals surface area contributed by atoms with Crippen LogP contribution in [0.1, 0.15) is 39.0 Å². The lowest BCUT2D eigenvalue weighted by Crippen LogP contribution is -2.35. The molecule has 17 heavy (non-hydrogen) atoms. The average molecular weight is 230 g/mol. The molecule has 2 aliphatic carbocycles. The lowest BCUT2D eigenvalue weighted by molar-refractivity contribution is 0.297. The minimum Gasteiger partial charge on any atom is -0.400 e. The lowest BCUT2D eigenvalue weighted by atomic mass is 9.97. The smallest absolute Gasteiger partial charge is 0.0598 e. The lowest BCUT2D eigenvalue weighted by Gasteiger charge is -2.37. The van der Waals surface area contributed by atoms with Crippen molar-refractivity contribution in [2.75, 3.05) is 0 Å². The van der Waals surface area contributed by atoms with Crippen molar-refractivity contribution >= 4 is 0 Å². The molecule has 2 heteroatoms. The highest BCUT2D eigenvalue weighted by molar-refractivity contribution is 5.30. The van der Waals surface area contributed by atoms with Gasteiger partial charge >= 0.3 is 0 Å². The van der Waals surface area contributed by atoms with E-state index in [1.54, 1.807) is 0 Å². The largest absolute Gasteiger partial charge is 0.400 e. The molecule has 0 aromatic carbocycles. The molecule has 0 radical (unpaired) electrons. The van der Waals surface area contributed by atoms with E-state index in [0.29, 0.717) is 6.04 Å². The van der Waals surface area contributed by atoms with Crippen LogP contribution in [0, 0.1) is 0 Å². The number of hydrogen-bond donors (Lipinski definition) is 1. The molecule has 1 unspecified atom stereocenters. The van der Waals surface area contributed by atoms with E-state index in [4.69, 9.17) is 5.73 Å². The highest BCUT2D eigenvalue weighted by Crippen LogP contribution is 2.29. The van der Waals surface area contributed by atoms with Crippen LogP contribution in [0.25, 0.3) is 0 Å². The van der Waals surface area contributed by atoms with E-state index >= 15 is 0 Å². The molecule has 0 fully saturated rings. The van der Waals surface area contributed by atoms with Crippen LogP contribution < -0.4 is 5.73 Å². The van der Waals surface area contributed by atoms with Gasteiger partial charge in [0.15, 0.2) is 0 Å². The van der Waals surface area contributed by atoms with Gasteiger partial charge in [-0.25, -0.2) is 0 Å². The number of nitrogens with zero attached hydrogens (tertiary/aromatic N) is 1. The van der Waals surface area contributed by atoms with E-state index in [0.717, 1.165) is 37.1 Å². The van der Waals surface area contributed by atoms with Gasteiger partial charge in [-0.05, 0) is 45.1 Å². The van der Waals surface area contributed by atoms with Crippen LogP contribution in [-0.2, 0) is 0 Å². The first-order chi connectivity index (χ1) is 8.20. The number of allylic oxidation sites excluding steroid dienone is 5. The van der Waals surface area contributed by atoms with Crippen molar-refractivity contribution in [3.05, 3.63) is 48.0 Å². The molecule has 0 aliphatic heterocycles. The van der Waals surface area contributed by atoms with Crippen LogP contribution in [0.15, 0.2) is 48.0 Å². The molecule has 0 amide bonds. The standard InChI is InChI=1S/C15H22N2/c1-12(2)17(13-8-4-3-5-9-13)15-11-7-6-10-14(15)16/h3-4,7,11,13H,1,5-6,8-10,16H2,2H3. The second-order valence-electron chi connectivity index (χ2n) is 4.90. The Kier molecular flexibility index (Phi) is 3.72. The number of hydrogen-bond acceptors (Lipinski definition) is 2. The topological polar surface area (TPSA) is 29.3 Å². The quantitative estimate of drug-likeness (QED) is 0.752. The van der Waals surface area contributed by atoms with Gasteiger partial charge in [0.05, 0.1) is 5.70 Å². The predicted molar refractivity (Wildman–Crippen MR) is 73.0 cm³/mol. The van der Waals surface area contributed by atoms with Crippen molar-refractivity contribution < 1.29 is 0 Å². The van der Waals surface area contributed by atoms with Crippen molar-refractivity contribution in [3.63, 3.8) is 0 Å². The van der Waals surface area contributed by atoms with Gasteiger partial charge in [0.2, 0.25) is 0 Å². The molecule has 0 saturated carbocycles. The Hall–Kier alpha value is -1.44. The van der Waals surface area contributed by atoms with Crippen molar-refractivity contribution in [2.24, 2.45) is 5.73 Å². The highest BCUT2D eigenvalue weighted by Gasteiger charge is 2.23. The van der Waals surface area contributed by atoms with Gasteiger partial charge in [0.1, 0.15) is 0 Å². The second-order valence-corrected chi connectivity index (χ2v) is 4.90. The van der Waals surface area contributed by atoms with Gasteiger partial charge in [-0.15, -0.1) is 0 Å². The molecule has 1 atom stereocenters. The Bertz CT molecular complexity index is 388. The van der Waals surface area contributed by atoms with Gasteiger partial charge in [0.25, 0.3) is 0 Å². The second kappa shape index (κ2) is 5.26. The molecular weight excluding hydrogens is 208 g/mol. The fourth-order valence-corrected chi connectivity index (χ4v) is 2.63. The molecule has 0 saturated heterocycles. The SMILES string of the molecule is C=C(C)N(C1=C(N)CCC=C1)C1CC=CCC1. The fourth-order valence-electron chi connectivity index (χ4n) is 2.63. The monoisotopic (exact) mass is 230 g/mol. The summed E-state index contributed by atoms with van der Waals surface area (Å²) < 4.78 is 0. The van der Waals surface area contributed by atoms with Crippen LogP contribution in [0.4, 0.5) is 0 Å². The molecule has 0 aromatic rings. The molecule has 0 spiro atoms. The molecule has 2 N–H and O–H groups in total. The first-order valence-corrected chi connectivity index (χ1v) is 6.45. The maximum absolute atomic E-state index is 6.15. The van der Waals surface area contributed by atoms with Crippen LogP contribution >= 0.6 is 0 Å². The van der Waals surface area contributed by atoms with Crippen LogP contribution in [-0.4, -0.2) is 10.9 Å². The summed E-state index contributed by atoms with van der Waals surface area (Å²) in [6.07, 6.45) is 14.4. The fraction of sp³-hybridized carbons (Fsp3) is 0.467. The summed E-state index contributed by atoms with van der Waals surface area (Å²) in [6.45, 7) is 6.19. The first kappa shape index (κ1) is 12.0. The number of rotatable bonds is 3. The van der Waals surface area contributed by atoms with Crippen molar-refractivity contribution in [2.45, 2.75) is 45.1 Å². The molecule has 92 valence electrons. The van der Waals surface area contributed by atoms with Gasteiger partial charge in [-0.3, -0.25) is 0 Å². The summed E-state index contributed by atoms with van der Waals surface area (Å²) >= 11 is 0. The Morgan fingerprint density at radius 1 is 1.35 bits per heavy atom. The van der Waals surface area contributed by atoms with Crippen molar-refractivity contribution in [1.82, 2.24) is 4.90 Å². The van der Waals surface area contributed by atoms with Gasteiger partial charge < -0.3 is 10.6 Å². The van der Waals surface area contributed by atoms with Gasteiger partial charge in [0, 0.05) is 17.4 Å². The molecule has 0 heterocycles. The molecule has 2 nitrogen and oxygen atoms in total. The Labute approximate surface area is 104 Å². The third-order valence-corrected chi connectivity index (χ3v) is 3.46. The number of nitrogens with two attached hydrogens (primary N) is 1. The maximum atomic E-state index is 6.15. The summed E-state index contributed by atoms with van der Waals surface area (Å²) in [4.78, 5) is 2.33. The minimum absolute atomic E-state index is 0.522. The normalized spacial score (nSPS) is 23.9. The summed E-state index contributed by atoms with van der Waals surface area (Å²) in [7, 11) is 0. The zero-order valence-electron chi connectivity index (χ0n) is 10.7. The summed E-state index contributed by atoms with van der Waals surface area (Å²) in [5.41, 5.74) is 9.42. The summed E-state index contributed by atoms with van der Waals surface area (Å²) in [5.74, 6) is 0. The maximum Gasteiger partial charge on any atom is 0.0598 e. The molecule has 0 bridgehead atoms. The predicted octanol–water partition coefficient (Wildman–Crippen LogP) is 3.45. The molecule has 2 rings (SSSR count). The van der Waals surface area contributed by atoms with Crippen molar-refractivity contribution in [1.29, 1.82) is 0 Å². The molecular formula is C15H22N2. The van der Waals surface area contributed by atoms with E-state index in [9.17, 15) is 0 Å². The van der Waals surface area contributed by atoms with E-state index in [2.05, 4.69) is 42.7 Å². The van der Waals surface area contributed by atoms with Gasteiger partial charge in [-0.2, -0.15) is 0 Å². The summed E-state index contributed by atoms with van der Waals surface area (Å²) in [5, 5.41) is 0. The first-order valence-electron chi connectivity index (χ1n) is 6.45. The van der Waals surface area contributed by atoms with Crippen LogP contribution in [0.5, 0.6) is 0 Å². The van der Waals surface area contributed by atoms with Gasteiger partial charge in [-0.1, -0.05) is 24.8 Å². The third kappa shape index (κ3) is 2.63.